The van der Waals surface area contributed by atoms with Crippen molar-refractivity contribution < 1.29 is 4.79 Å². The Kier molecular flexibility index (Phi) is 2.17. The third-order valence-electron chi connectivity index (χ3n) is 2.00. The van der Waals surface area contributed by atoms with Gasteiger partial charge in [-0.2, -0.15) is 0 Å². The first-order chi connectivity index (χ1) is 6.16. The molecule has 13 heavy (non-hydrogen) atoms. The number of hydrogen-bond acceptors (Lipinski definition) is 2. The van der Waals surface area contributed by atoms with Gasteiger partial charge in [0.1, 0.15) is 11.0 Å². The van der Waals surface area contributed by atoms with Crippen molar-refractivity contribution in [3.05, 3.63) is 16.1 Å². The lowest BCUT2D eigenvalue weighted by Crippen LogP contribution is -2.13. The monoisotopic (exact) mass is 219 g/mol. The first-order valence-electron chi connectivity index (χ1n) is 3.84. The van der Waals surface area contributed by atoms with Crippen LogP contribution in [0.1, 0.15) is 18.2 Å². The fourth-order valence-electron chi connectivity index (χ4n) is 1.34. The highest BCUT2D eigenvalue weighted by atomic mass is 35.5. The van der Waals surface area contributed by atoms with E-state index in [1.54, 1.807) is 0 Å². The number of nitrogens with one attached hydrogen (secondary N) is 2. The fourth-order valence-corrected chi connectivity index (χ4v) is 1.62. The molecule has 0 spiro atoms. The third kappa shape index (κ3) is 1.64. The van der Waals surface area contributed by atoms with E-state index < -0.39 is 0 Å². The third-order valence-corrected chi connectivity index (χ3v) is 2.65. The van der Waals surface area contributed by atoms with Crippen molar-refractivity contribution in [3.8, 4) is 0 Å². The molecule has 1 aliphatic heterocycles. The summed E-state index contributed by atoms with van der Waals surface area (Å²) in [5.74, 6) is 0.777. The number of halogens is 2. The molecule has 0 aliphatic carbocycles. The minimum Gasteiger partial charge on any atom is -0.355 e. The van der Waals surface area contributed by atoms with Crippen molar-refractivity contribution in [2.45, 2.75) is 12.3 Å². The van der Waals surface area contributed by atoms with E-state index in [1.165, 1.54) is 0 Å². The van der Waals surface area contributed by atoms with Gasteiger partial charge < -0.3 is 10.3 Å². The van der Waals surface area contributed by atoms with Gasteiger partial charge in [-0.1, -0.05) is 23.2 Å². The minimum atomic E-state index is 0.0358. The van der Waals surface area contributed by atoms with Crippen LogP contribution in [-0.2, 0) is 4.79 Å². The van der Waals surface area contributed by atoms with E-state index in [9.17, 15) is 4.79 Å². The van der Waals surface area contributed by atoms with Crippen LogP contribution in [0.2, 0.25) is 10.3 Å². The summed E-state index contributed by atoms with van der Waals surface area (Å²) in [6.45, 7) is 0.596. The summed E-state index contributed by atoms with van der Waals surface area (Å²) in [7, 11) is 0. The van der Waals surface area contributed by atoms with Crippen LogP contribution in [0.4, 0.5) is 0 Å². The number of nitrogens with zero attached hydrogens (tertiary/aromatic N) is 1. The highest BCUT2D eigenvalue weighted by Crippen LogP contribution is 2.25. The van der Waals surface area contributed by atoms with Crippen LogP contribution in [0.25, 0.3) is 0 Å². The number of rotatable bonds is 1. The SMILES string of the molecule is O=C1CC(c2nc(Cl)c(Cl)[nH]2)CN1. The van der Waals surface area contributed by atoms with Crippen LogP contribution >= 0.6 is 23.2 Å². The molecule has 0 radical (unpaired) electrons. The quantitative estimate of drug-likeness (QED) is 0.749. The summed E-state index contributed by atoms with van der Waals surface area (Å²) in [6.07, 6.45) is 0.445. The standard InChI is InChI=1S/C7H7Cl2N3O/c8-5-6(9)12-7(11-5)3-1-4(13)10-2-3/h3H,1-2H2,(H,10,13)(H,11,12). The number of carbonyl (C=O) groups excluding carboxylic acids is 1. The van der Waals surface area contributed by atoms with Crippen molar-refractivity contribution in [1.82, 2.24) is 15.3 Å². The van der Waals surface area contributed by atoms with E-state index in [2.05, 4.69) is 15.3 Å². The first-order valence-corrected chi connectivity index (χ1v) is 4.60. The minimum absolute atomic E-state index is 0.0358. The molecule has 70 valence electrons. The molecule has 1 aromatic heterocycles. The van der Waals surface area contributed by atoms with E-state index >= 15 is 0 Å². The molecule has 1 unspecified atom stereocenters. The summed E-state index contributed by atoms with van der Waals surface area (Å²) >= 11 is 11.4. The van der Waals surface area contributed by atoms with E-state index in [4.69, 9.17) is 23.2 Å². The van der Waals surface area contributed by atoms with E-state index in [0.29, 0.717) is 23.9 Å². The zero-order chi connectivity index (χ0) is 9.42. The smallest absolute Gasteiger partial charge is 0.220 e. The van der Waals surface area contributed by atoms with Crippen molar-refractivity contribution in [2.75, 3.05) is 6.54 Å². The predicted octanol–water partition coefficient (Wildman–Crippen LogP) is 1.32. The number of aromatic nitrogens is 2. The molecule has 1 aliphatic rings. The van der Waals surface area contributed by atoms with Gasteiger partial charge in [0.05, 0.1) is 0 Å². The molecule has 1 aromatic rings. The second-order valence-electron chi connectivity index (χ2n) is 2.93. The maximum Gasteiger partial charge on any atom is 0.220 e. The van der Waals surface area contributed by atoms with Gasteiger partial charge in [-0.05, 0) is 0 Å². The lowest BCUT2D eigenvalue weighted by atomic mass is 10.1. The molecule has 1 fully saturated rings. The molecular weight excluding hydrogens is 213 g/mol. The Balaban J connectivity index is 2.21. The fraction of sp³-hybridized carbons (Fsp3) is 0.429. The molecule has 2 heterocycles. The lowest BCUT2D eigenvalue weighted by Gasteiger charge is -2.00. The Hall–Kier alpha value is -0.740. The molecule has 2 N–H and O–H groups in total. The summed E-state index contributed by atoms with van der Waals surface area (Å²) in [6, 6.07) is 0. The van der Waals surface area contributed by atoms with Crippen LogP contribution in [0.3, 0.4) is 0 Å². The van der Waals surface area contributed by atoms with Crippen LogP contribution in [-0.4, -0.2) is 22.4 Å². The topological polar surface area (TPSA) is 57.8 Å². The number of hydrogen-bond donors (Lipinski definition) is 2. The van der Waals surface area contributed by atoms with Gasteiger partial charge in [0.25, 0.3) is 0 Å². The van der Waals surface area contributed by atoms with Crippen LogP contribution in [0, 0.1) is 0 Å². The maximum absolute atomic E-state index is 10.9. The summed E-state index contributed by atoms with van der Waals surface area (Å²) in [4.78, 5) is 17.7. The second-order valence-corrected chi connectivity index (χ2v) is 3.67. The Morgan fingerprint density at radius 3 is 2.69 bits per heavy atom. The van der Waals surface area contributed by atoms with Gasteiger partial charge in [0, 0.05) is 18.9 Å². The highest BCUT2D eigenvalue weighted by molar-refractivity contribution is 6.40. The van der Waals surface area contributed by atoms with E-state index in [0.717, 1.165) is 0 Å². The van der Waals surface area contributed by atoms with E-state index in [-0.39, 0.29) is 17.0 Å². The number of amides is 1. The van der Waals surface area contributed by atoms with Crippen molar-refractivity contribution in [3.63, 3.8) is 0 Å². The van der Waals surface area contributed by atoms with Crippen molar-refractivity contribution in [1.29, 1.82) is 0 Å². The lowest BCUT2D eigenvalue weighted by molar-refractivity contribution is -0.119. The normalized spacial score (nSPS) is 22.0. The molecule has 0 saturated carbocycles. The van der Waals surface area contributed by atoms with Gasteiger partial charge >= 0.3 is 0 Å². The number of aromatic amines is 1. The molecule has 6 heteroatoms. The van der Waals surface area contributed by atoms with Crippen LogP contribution in [0.15, 0.2) is 0 Å². The molecular formula is C7H7Cl2N3O. The Morgan fingerprint density at radius 1 is 1.46 bits per heavy atom. The Bertz CT molecular complexity index is 330. The average molecular weight is 220 g/mol. The first kappa shape index (κ1) is 8.84. The predicted molar refractivity (Wildman–Crippen MR) is 49.0 cm³/mol. The van der Waals surface area contributed by atoms with Gasteiger partial charge in [-0.15, -0.1) is 0 Å². The molecule has 1 atom stereocenters. The Labute approximate surface area is 84.6 Å². The number of imidazole rings is 1. The van der Waals surface area contributed by atoms with Crippen LogP contribution in [0.5, 0.6) is 0 Å². The molecule has 1 saturated heterocycles. The van der Waals surface area contributed by atoms with E-state index in [1.807, 2.05) is 0 Å². The molecule has 4 nitrogen and oxygen atoms in total. The molecule has 1 amide bonds. The second kappa shape index (κ2) is 3.20. The summed E-state index contributed by atoms with van der Waals surface area (Å²) < 4.78 is 0. The zero-order valence-corrected chi connectivity index (χ0v) is 8.11. The zero-order valence-electron chi connectivity index (χ0n) is 6.60. The molecule has 0 bridgehead atoms. The maximum atomic E-state index is 10.9. The molecule has 2 rings (SSSR count). The molecule has 0 aromatic carbocycles. The van der Waals surface area contributed by atoms with Gasteiger partial charge in [0.2, 0.25) is 5.91 Å². The summed E-state index contributed by atoms with van der Waals surface area (Å²) in [5.41, 5.74) is 0. The number of H-pyrrole nitrogens is 1. The highest BCUT2D eigenvalue weighted by Gasteiger charge is 2.26. The summed E-state index contributed by atoms with van der Waals surface area (Å²) in [5, 5.41) is 3.30. The van der Waals surface area contributed by atoms with Gasteiger partial charge in [-0.25, -0.2) is 4.98 Å². The van der Waals surface area contributed by atoms with Crippen molar-refractivity contribution >= 4 is 29.1 Å². The van der Waals surface area contributed by atoms with Gasteiger partial charge in [0.15, 0.2) is 5.15 Å². The largest absolute Gasteiger partial charge is 0.355 e. The Morgan fingerprint density at radius 2 is 2.23 bits per heavy atom. The van der Waals surface area contributed by atoms with Gasteiger partial charge in [-0.3, -0.25) is 4.79 Å². The van der Waals surface area contributed by atoms with Crippen LogP contribution < -0.4 is 5.32 Å². The number of carbonyl (C=O) groups is 1. The van der Waals surface area contributed by atoms with Crippen molar-refractivity contribution in [2.24, 2.45) is 0 Å². The average Bonchev–Trinajstić information content (AvgIpc) is 2.61.